The monoisotopic (exact) mass is 382 g/mol. The molecule has 0 aliphatic rings. The van der Waals surface area contributed by atoms with Crippen molar-refractivity contribution in [2.75, 3.05) is 13.7 Å². The van der Waals surface area contributed by atoms with Gasteiger partial charge in [-0.1, -0.05) is 30.3 Å². The van der Waals surface area contributed by atoms with E-state index in [1.807, 2.05) is 6.07 Å². The Morgan fingerprint density at radius 3 is 2.43 bits per heavy atom. The van der Waals surface area contributed by atoms with E-state index in [0.29, 0.717) is 22.3 Å². The lowest BCUT2D eigenvalue weighted by atomic mass is 10.1. The Labute approximate surface area is 159 Å². The smallest absolute Gasteiger partial charge is 0.290 e. The standard InChI is InChI=1S/C19H18N4O5/c1-27-14-8-4-5-9-15(14)28-11-10-16(24)20-23-19(26)17-12-6-2-3-7-13(12)18(25)22-21-17/h2-9H,10-11H2,1H3,(H,20,24)(H,22,25)(H,23,26). The van der Waals surface area contributed by atoms with Crippen LogP contribution in [0.4, 0.5) is 0 Å². The highest BCUT2D eigenvalue weighted by Crippen LogP contribution is 2.25. The van der Waals surface area contributed by atoms with Gasteiger partial charge in [0.2, 0.25) is 5.91 Å². The predicted molar refractivity (Wildman–Crippen MR) is 101 cm³/mol. The third-order valence-electron chi connectivity index (χ3n) is 3.88. The molecule has 3 aromatic rings. The Balaban J connectivity index is 1.54. The van der Waals surface area contributed by atoms with Crippen molar-refractivity contribution >= 4 is 22.6 Å². The van der Waals surface area contributed by atoms with Gasteiger partial charge >= 0.3 is 0 Å². The van der Waals surface area contributed by atoms with Crippen LogP contribution in [0.1, 0.15) is 16.9 Å². The highest BCUT2D eigenvalue weighted by molar-refractivity contribution is 6.05. The molecule has 28 heavy (non-hydrogen) atoms. The van der Waals surface area contributed by atoms with Gasteiger partial charge in [0.1, 0.15) is 0 Å². The normalized spacial score (nSPS) is 10.3. The van der Waals surface area contributed by atoms with Crippen LogP contribution in [0.3, 0.4) is 0 Å². The van der Waals surface area contributed by atoms with Gasteiger partial charge in [-0.05, 0) is 18.2 Å². The maximum Gasteiger partial charge on any atom is 0.290 e. The molecular weight excluding hydrogens is 364 g/mol. The first-order valence-corrected chi connectivity index (χ1v) is 8.42. The number of hydrogen-bond donors (Lipinski definition) is 3. The topological polar surface area (TPSA) is 122 Å². The van der Waals surface area contributed by atoms with Crippen LogP contribution in [0.15, 0.2) is 53.3 Å². The van der Waals surface area contributed by atoms with E-state index in [4.69, 9.17) is 9.47 Å². The van der Waals surface area contributed by atoms with Crippen molar-refractivity contribution in [3.8, 4) is 11.5 Å². The molecule has 0 fully saturated rings. The van der Waals surface area contributed by atoms with Crippen molar-refractivity contribution in [3.63, 3.8) is 0 Å². The highest BCUT2D eigenvalue weighted by Gasteiger charge is 2.14. The Morgan fingerprint density at radius 1 is 1.00 bits per heavy atom. The van der Waals surface area contributed by atoms with Gasteiger partial charge in [0, 0.05) is 5.39 Å². The third-order valence-corrected chi connectivity index (χ3v) is 3.88. The number of benzene rings is 2. The summed E-state index contributed by atoms with van der Waals surface area (Å²) in [5.41, 5.74) is 4.17. The van der Waals surface area contributed by atoms with Crippen molar-refractivity contribution in [1.82, 2.24) is 21.0 Å². The number of fused-ring (bicyclic) bond motifs is 1. The predicted octanol–water partition coefficient (Wildman–Crippen LogP) is 1.16. The number of carbonyl (C=O) groups excluding carboxylic acids is 2. The average molecular weight is 382 g/mol. The largest absolute Gasteiger partial charge is 0.493 e. The molecule has 2 amide bonds. The van der Waals surface area contributed by atoms with Gasteiger partial charge in [0.05, 0.1) is 25.5 Å². The number of H-pyrrole nitrogens is 1. The lowest BCUT2D eigenvalue weighted by molar-refractivity contribution is -0.122. The molecule has 9 heteroatoms. The summed E-state index contributed by atoms with van der Waals surface area (Å²) in [5, 5.41) is 6.75. The minimum absolute atomic E-state index is 0.000715. The second kappa shape index (κ2) is 8.67. The number of amides is 2. The quantitative estimate of drug-likeness (QED) is 0.550. The summed E-state index contributed by atoms with van der Waals surface area (Å²) >= 11 is 0. The van der Waals surface area contributed by atoms with Crippen molar-refractivity contribution in [1.29, 1.82) is 0 Å². The van der Waals surface area contributed by atoms with Gasteiger partial charge in [-0.25, -0.2) is 5.10 Å². The summed E-state index contributed by atoms with van der Waals surface area (Å²) in [4.78, 5) is 36.0. The van der Waals surface area contributed by atoms with Crippen LogP contribution in [0, 0.1) is 0 Å². The molecule has 144 valence electrons. The van der Waals surface area contributed by atoms with Gasteiger partial charge in [-0.3, -0.25) is 25.2 Å². The van der Waals surface area contributed by atoms with Crippen LogP contribution < -0.4 is 25.9 Å². The number of hydrogen-bond acceptors (Lipinski definition) is 6. The first-order valence-electron chi connectivity index (χ1n) is 8.42. The Hall–Kier alpha value is -3.88. The summed E-state index contributed by atoms with van der Waals surface area (Å²) in [6.45, 7) is 0.0991. The van der Waals surface area contributed by atoms with Crippen LogP contribution in [-0.4, -0.2) is 35.7 Å². The fourth-order valence-corrected chi connectivity index (χ4v) is 2.53. The first kappa shape index (κ1) is 18.9. The number of rotatable bonds is 6. The number of hydrazine groups is 1. The van der Waals surface area contributed by atoms with E-state index < -0.39 is 17.4 Å². The second-order valence-corrected chi connectivity index (χ2v) is 5.70. The number of nitrogens with one attached hydrogen (secondary N) is 3. The van der Waals surface area contributed by atoms with Crippen LogP contribution in [0.2, 0.25) is 0 Å². The van der Waals surface area contributed by atoms with Gasteiger partial charge in [0.15, 0.2) is 17.2 Å². The molecule has 3 N–H and O–H groups in total. The minimum atomic E-state index is -0.647. The van der Waals surface area contributed by atoms with E-state index in [1.165, 1.54) is 7.11 Å². The van der Waals surface area contributed by atoms with E-state index in [9.17, 15) is 14.4 Å². The van der Waals surface area contributed by atoms with Crippen molar-refractivity contribution in [2.45, 2.75) is 6.42 Å². The lowest BCUT2D eigenvalue weighted by Gasteiger charge is -2.11. The van der Waals surface area contributed by atoms with E-state index in [2.05, 4.69) is 21.0 Å². The van der Waals surface area contributed by atoms with Gasteiger partial charge in [-0.2, -0.15) is 5.10 Å². The number of aromatic nitrogens is 2. The molecule has 0 aliphatic heterocycles. The first-order chi connectivity index (χ1) is 13.6. The zero-order chi connectivity index (χ0) is 19.9. The molecule has 0 saturated heterocycles. The number of nitrogens with zero attached hydrogens (tertiary/aromatic N) is 1. The number of para-hydroxylation sites is 2. The van der Waals surface area contributed by atoms with E-state index in [1.54, 1.807) is 42.5 Å². The average Bonchev–Trinajstić information content (AvgIpc) is 2.73. The van der Waals surface area contributed by atoms with Crippen molar-refractivity contribution in [2.24, 2.45) is 0 Å². The Morgan fingerprint density at radius 2 is 1.68 bits per heavy atom. The van der Waals surface area contributed by atoms with Gasteiger partial charge in [-0.15, -0.1) is 0 Å². The molecule has 1 heterocycles. The summed E-state index contributed by atoms with van der Waals surface area (Å²) in [6, 6.07) is 13.6. The van der Waals surface area contributed by atoms with Crippen LogP contribution in [-0.2, 0) is 4.79 Å². The van der Waals surface area contributed by atoms with E-state index >= 15 is 0 Å². The van der Waals surface area contributed by atoms with E-state index in [-0.39, 0.29) is 18.7 Å². The summed E-state index contributed by atoms with van der Waals surface area (Å²) in [7, 11) is 1.53. The van der Waals surface area contributed by atoms with Crippen molar-refractivity contribution < 1.29 is 19.1 Å². The number of carbonyl (C=O) groups is 2. The zero-order valence-electron chi connectivity index (χ0n) is 15.0. The molecular formula is C19H18N4O5. The second-order valence-electron chi connectivity index (χ2n) is 5.70. The SMILES string of the molecule is COc1ccccc1OCCC(=O)NNC(=O)c1n[nH]c(=O)c2ccccc12. The molecule has 3 rings (SSSR count). The summed E-state index contributed by atoms with van der Waals surface area (Å²) in [5.74, 6) is -0.0126. The fraction of sp³-hybridized carbons (Fsp3) is 0.158. The Bertz CT molecular complexity index is 1060. The molecule has 0 bridgehead atoms. The summed E-state index contributed by atoms with van der Waals surface area (Å²) < 4.78 is 10.7. The number of aromatic amines is 1. The molecule has 0 saturated carbocycles. The highest BCUT2D eigenvalue weighted by atomic mass is 16.5. The summed E-state index contributed by atoms with van der Waals surface area (Å²) in [6.07, 6.45) is 0.0120. The molecule has 0 atom stereocenters. The van der Waals surface area contributed by atoms with Crippen LogP contribution in [0.5, 0.6) is 11.5 Å². The third kappa shape index (κ3) is 4.26. The van der Waals surface area contributed by atoms with Crippen molar-refractivity contribution in [3.05, 3.63) is 64.6 Å². The van der Waals surface area contributed by atoms with Gasteiger partial charge < -0.3 is 9.47 Å². The fourth-order valence-electron chi connectivity index (χ4n) is 2.53. The van der Waals surface area contributed by atoms with E-state index in [0.717, 1.165) is 0 Å². The number of methoxy groups -OCH3 is 1. The molecule has 0 radical (unpaired) electrons. The minimum Gasteiger partial charge on any atom is -0.493 e. The molecule has 1 aromatic heterocycles. The maximum atomic E-state index is 12.3. The molecule has 0 aliphatic carbocycles. The molecule has 0 spiro atoms. The number of ether oxygens (including phenoxy) is 2. The van der Waals surface area contributed by atoms with Gasteiger partial charge in [0.25, 0.3) is 11.5 Å². The molecule has 2 aromatic carbocycles. The van der Waals surface area contributed by atoms with Crippen LogP contribution in [0.25, 0.3) is 10.8 Å². The Kier molecular flexibility index (Phi) is 5.85. The maximum absolute atomic E-state index is 12.3. The van der Waals surface area contributed by atoms with Crippen LogP contribution >= 0.6 is 0 Å². The zero-order valence-corrected chi connectivity index (χ0v) is 15.0. The molecule has 0 unspecified atom stereocenters. The molecule has 9 nitrogen and oxygen atoms in total. The lowest BCUT2D eigenvalue weighted by Crippen LogP contribution is -2.42.